The van der Waals surface area contributed by atoms with Crippen molar-refractivity contribution in [1.29, 1.82) is 0 Å². The van der Waals surface area contributed by atoms with Crippen LogP contribution in [0.4, 0.5) is 5.69 Å². The summed E-state index contributed by atoms with van der Waals surface area (Å²) >= 11 is 1.46. The van der Waals surface area contributed by atoms with Gasteiger partial charge >= 0.3 is 0 Å². The highest BCUT2D eigenvalue weighted by Gasteiger charge is 2.18. The van der Waals surface area contributed by atoms with E-state index in [-0.39, 0.29) is 18.0 Å². The zero-order valence-electron chi connectivity index (χ0n) is 19.4. The summed E-state index contributed by atoms with van der Waals surface area (Å²) < 4.78 is 17.4. The van der Waals surface area contributed by atoms with Gasteiger partial charge in [0.15, 0.2) is 0 Å². The van der Waals surface area contributed by atoms with Crippen LogP contribution in [-0.2, 0) is 11.3 Å². The SMILES string of the molecule is CCOc1ccc(-c2c(C)sc3ncn(CC(=O)Nc4ccc(OC)cc4OC)c(=O)c23)cc1. The van der Waals surface area contributed by atoms with Crippen LogP contribution < -0.4 is 25.1 Å². The Morgan fingerprint density at radius 1 is 1.09 bits per heavy atom. The summed E-state index contributed by atoms with van der Waals surface area (Å²) in [6.45, 7) is 4.29. The Balaban J connectivity index is 1.64. The smallest absolute Gasteiger partial charge is 0.263 e. The van der Waals surface area contributed by atoms with Crippen LogP contribution in [0.5, 0.6) is 17.2 Å². The van der Waals surface area contributed by atoms with Crippen molar-refractivity contribution >= 4 is 33.1 Å². The van der Waals surface area contributed by atoms with E-state index in [1.807, 2.05) is 38.1 Å². The molecule has 0 saturated heterocycles. The molecule has 2 aromatic carbocycles. The second kappa shape index (κ2) is 9.96. The van der Waals surface area contributed by atoms with E-state index in [2.05, 4.69) is 10.3 Å². The fourth-order valence-corrected chi connectivity index (χ4v) is 4.73. The number of hydrogen-bond donors (Lipinski definition) is 1. The van der Waals surface area contributed by atoms with Crippen molar-refractivity contribution in [3.63, 3.8) is 0 Å². The molecule has 0 unspecified atom stereocenters. The topological polar surface area (TPSA) is 91.7 Å². The first kappa shape index (κ1) is 23.3. The summed E-state index contributed by atoms with van der Waals surface area (Å²) in [6.07, 6.45) is 1.41. The van der Waals surface area contributed by atoms with E-state index in [1.165, 1.54) is 29.3 Å². The molecule has 0 saturated carbocycles. The van der Waals surface area contributed by atoms with Gasteiger partial charge in [-0.1, -0.05) is 12.1 Å². The highest BCUT2D eigenvalue weighted by atomic mass is 32.1. The van der Waals surface area contributed by atoms with Gasteiger partial charge in [-0.15, -0.1) is 11.3 Å². The van der Waals surface area contributed by atoms with Gasteiger partial charge in [0.1, 0.15) is 28.6 Å². The van der Waals surface area contributed by atoms with Gasteiger partial charge in [-0.05, 0) is 43.7 Å². The van der Waals surface area contributed by atoms with Crippen molar-refractivity contribution in [2.75, 3.05) is 26.1 Å². The molecule has 0 aliphatic rings. The van der Waals surface area contributed by atoms with Crippen LogP contribution in [0.3, 0.4) is 0 Å². The van der Waals surface area contributed by atoms with Gasteiger partial charge in [0, 0.05) is 16.5 Å². The molecule has 2 heterocycles. The molecule has 0 fully saturated rings. The first-order valence-electron chi connectivity index (χ1n) is 10.7. The molecule has 2 aromatic heterocycles. The summed E-state index contributed by atoms with van der Waals surface area (Å²) in [5.41, 5.74) is 1.94. The van der Waals surface area contributed by atoms with Crippen molar-refractivity contribution in [2.45, 2.75) is 20.4 Å². The maximum atomic E-state index is 13.4. The average Bonchev–Trinajstić information content (AvgIpc) is 3.18. The number of aromatic nitrogens is 2. The van der Waals surface area contributed by atoms with Gasteiger partial charge < -0.3 is 19.5 Å². The maximum absolute atomic E-state index is 13.4. The summed E-state index contributed by atoms with van der Waals surface area (Å²) in [7, 11) is 3.06. The maximum Gasteiger partial charge on any atom is 0.263 e. The number of aryl methyl sites for hydroxylation is 1. The number of carbonyl (C=O) groups excluding carboxylic acids is 1. The lowest BCUT2D eigenvalue weighted by Gasteiger charge is -2.12. The molecule has 4 aromatic rings. The van der Waals surface area contributed by atoms with E-state index in [1.54, 1.807) is 25.3 Å². The highest BCUT2D eigenvalue weighted by Crippen LogP contribution is 2.36. The van der Waals surface area contributed by atoms with Gasteiger partial charge in [-0.2, -0.15) is 0 Å². The minimum atomic E-state index is -0.374. The number of nitrogens with zero attached hydrogens (tertiary/aromatic N) is 2. The molecule has 0 bridgehead atoms. The molecular formula is C25H25N3O5S. The number of rotatable bonds is 8. The highest BCUT2D eigenvalue weighted by molar-refractivity contribution is 7.19. The minimum absolute atomic E-state index is 0.186. The summed E-state index contributed by atoms with van der Waals surface area (Å²) in [5, 5.41) is 3.29. The fraction of sp³-hybridized carbons (Fsp3) is 0.240. The Kier molecular flexibility index (Phi) is 6.83. The molecule has 1 N–H and O–H groups in total. The lowest BCUT2D eigenvalue weighted by atomic mass is 10.0. The quantitative estimate of drug-likeness (QED) is 0.400. The molecule has 8 nitrogen and oxygen atoms in total. The molecule has 4 rings (SSSR count). The Labute approximate surface area is 200 Å². The molecule has 0 atom stereocenters. The van der Waals surface area contributed by atoms with Crippen LogP contribution in [0.2, 0.25) is 0 Å². The van der Waals surface area contributed by atoms with Crippen LogP contribution in [0.1, 0.15) is 11.8 Å². The number of fused-ring (bicyclic) bond motifs is 1. The first-order chi connectivity index (χ1) is 16.4. The second-order valence-electron chi connectivity index (χ2n) is 7.46. The second-order valence-corrected chi connectivity index (χ2v) is 8.67. The third-order valence-electron chi connectivity index (χ3n) is 5.31. The van der Waals surface area contributed by atoms with Crippen LogP contribution in [0.15, 0.2) is 53.6 Å². The molecule has 176 valence electrons. The van der Waals surface area contributed by atoms with Gasteiger partial charge in [-0.3, -0.25) is 14.2 Å². The number of amides is 1. The molecule has 0 spiro atoms. The van der Waals surface area contributed by atoms with Crippen LogP contribution in [0.25, 0.3) is 21.3 Å². The number of carbonyl (C=O) groups is 1. The van der Waals surface area contributed by atoms with Gasteiger partial charge in [-0.25, -0.2) is 4.98 Å². The number of hydrogen-bond acceptors (Lipinski definition) is 7. The van der Waals surface area contributed by atoms with Crippen molar-refractivity contribution < 1.29 is 19.0 Å². The summed E-state index contributed by atoms with van der Waals surface area (Å²) in [4.78, 5) is 32.2. The van der Waals surface area contributed by atoms with E-state index in [0.29, 0.717) is 34.0 Å². The zero-order valence-corrected chi connectivity index (χ0v) is 20.2. The van der Waals surface area contributed by atoms with Crippen molar-refractivity contribution in [3.8, 4) is 28.4 Å². The number of methoxy groups -OCH3 is 2. The molecule has 0 aliphatic carbocycles. The van der Waals surface area contributed by atoms with Crippen LogP contribution >= 0.6 is 11.3 Å². The molecule has 1 amide bonds. The number of nitrogens with one attached hydrogen (secondary N) is 1. The lowest BCUT2D eigenvalue weighted by Crippen LogP contribution is -2.28. The molecule has 9 heteroatoms. The van der Waals surface area contributed by atoms with Gasteiger partial charge in [0.2, 0.25) is 5.91 Å². The minimum Gasteiger partial charge on any atom is -0.497 e. The number of anilines is 1. The van der Waals surface area contributed by atoms with Crippen molar-refractivity contribution in [3.05, 3.63) is 64.0 Å². The zero-order chi connectivity index (χ0) is 24.2. The molecular weight excluding hydrogens is 454 g/mol. The van der Waals surface area contributed by atoms with Crippen LogP contribution in [-0.4, -0.2) is 36.3 Å². The van der Waals surface area contributed by atoms with Gasteiger partial charge in [0.05, 0.1) is 38.2 Å². The number of ether oxygens (including phenoxy) is 3. The summed E-state index contributed by atoms with van der Waals surface area (Å²) in [5.74, 6) is 1.46. The molecule has 0 radical (unpaired) electrons. The van der Waals surface area contributed by atoms with Crippen molar-refractivity contribution in [1.82, 2.24) is 9.55 Å². The van der Waals surface area contributed by atoms with E-state index < -0.39 is 0 Å². The van der Waals surface area contributed by atoms with Crippen LogP contribution in [0, 0.1) is 6.92 Å². The first-order valence-corrected chi connectivity index (χ1v) is 11.5. The predicted octanol–water partition coefficient (Wildman–Crippen LogP) is 4.49. The fourth-order valence-electron chi connectivity index (χ4n) is 3.73. The Morgan fingerprint density at radius 2 is 1.82 bits per heavy atom. The van der Waals surface area contributed by atoms with E-state index in [4.69, 9.17) is 14.2 Å². The summed E-state index contributed by atoms with van der Waals surface area (Å²) in [6, 6.07) is 12.7. The van der Waals surface area contributed by atoms with Gasteiger partial charge in [0.25, 0.3) is 5.56 Å². The number of thiophene rings is 1. The van der Waals surface area contributed by atoms with E-state index in [0.717, 1.165) is 21.8 Å². The Morgan fingerprint density at radius 3 is 2.50 bits per heavy atom. The third kappa shape index (κ3) is 4.60. The molecule has 0 aliphatic heterocycles. The monoisotopic (exact) mass is 479 g/mol. The third-order valence-corrected chi connectivity index (χ3v) is 6.32. The molecule has 34 heavy (non-hydrogen) atoms. The normalized spacial score (nSPS) is 10.8. The average molecular weight is 480 g/mol. The standard InChI is InChI=1S/C25H25N3O5S/c1-5-33-17-8-6-16(7-9-17)22-15(2)34-24-23(22)25(30)28(14-26-24)13-21(29)27-19-11-10-18(31-3)12-20(19)32-4/h6-12,14H,5,13H2,1-4H3,(H,27,29). The number of benzene rings is 2. The Hall–Kier alpha value is -3.85. The predicted molar refractivity (Wildman–Crippen MR) is 133 cm³/mol. The van der Waals surface area contributed by atoms with E-state index in [9.17, 15) is 9.59 Å². The largest absolute Gasteiger partial charge is 0.497 e. The van der Waals surface area contributed by atoms with Crippen molar-refractivity contribution in [2.24, 2.45) is 0 Å². The lowest BCUT2D eigenvalue weighted by molar-refractivity contribution is -0.116. The Bertz CT molecular complexity index is 1390. The van der Waals surface area contributed by atoms with E-state index >= 15 is 0 Å².